The van der Waals surface area contributed by atoms with Gasteiger partial charge >= 0.3 is 0 Å². The number of aromatic nitrogens is 2. The normalized spacial score (nSPS) is 20.6. The fourth-order valence-corrected chi connectivity index (χ4v) is 4.04. The molecule has 0 radical (unpaired) electrons. The Morgan fingerprint density at radius 3 is 2.81 bits per heavy atom. The number of nitrogens with zero attached hydrogens (tertiary/aromatic N) is 3. The molecule has 4 heterocycles. The molecule has 0 bridgehead atoms. The monoisotopic (exact) mass is 352 g/mol. The van der Waals surface area contributed by atoms with E-state index in [2.05, 4.69) is 20.9 Å². The van der Waals surface area contributed by atoms with Crippen LogP contribution in [0.4, 0.5) is 0 Å². The van der Waals surface area contributed by atoms with Crippen LogP contribution >= 0.6 is 0 Å². The zero-order chi connectivity index (χ0) is 17.9. The summed E-state index contributed by atoms with van der Waals surface area (Å²) >= 11 is 0. The molecular formula is C20H24N4O2. The van der Waals surface area contributed by atoms with Crippen molar-refractivity contribution in [2.24, 2.45) is 0 Å². The molecule has 0 spiro atoms. The van der Waals surface area contributed by atoms with Crippen molar-refractivity contribution in [2.75, 3.05) is 19.6 Å². The van der Waals surface area contributed by atoms with Gasteiger partial charge < -0.3 is 9.88 Å². The molecule has 6 nitrogen and oxygen atoms in total. The Bertz CT molecular complexity index is 841. The second-order valence-corrected chi connectivity index (χ2v) is 7.15. The first kappa shape index (κ1) is 17.0. The SMILES string of the molecule is O=C(c1cccc(=O)[nH]1)N1CCCC1c1ccnc(CN2CCCC2)c1. The number of amides is 1. The van der Waals surface area contributed by atoms with E-state index >= 15 is 0 Å². The molecular weight excluding hydrogens is 328 g/mol. The van der Waals surface area contributed by atoms with E-state index in [9.17, 15) is 9.59 Å². The molecule has 2 aliphatic rings. The van der Waals surface area contributed by atoms with Crippen LogP contribution in [0.2, 0.25) is 0 Å². The van der Waals surface area contributed by atoms with E-state index in [0.717, 1.165) is 43.7 Å². The third-order valence-corrected chi connectivity index (χ3v) is 5.32. The van der Waals surface area contributed by atoms with Gasteiger partial charge in [0.05, 0.1) is 11.7 Å². The quantitative estimate of drug-likeness (QED) is 0.917. The van der Waals surface area contributed by atoms with Crippen LogP contribution in [0.3, 0.4) is 0 Å². The van der Waals surface area contributed by atoms with Gasteiger partial charge in [0.2, 0.25) is 5.56 Å². The van der Waals surface area contributed by atoms with Gasteiger partial charge in [-0.15, -0.1) is 0 Å². The second-order valence-electron chi connectivity index (χ2n) is 7.15. The molecule has 1 amide bonds. The van der Waals surface area contributed by atoms with Gasteiger partial charge in [-0.2, -0.15) is 0 Å². The average Bonchev–Trinajstić information content (AvgIpc) is 3.33. The molecule has 6 heteroatoms. The van der Waals surface area contributed by atoms with E-state index in [-0.39, 0.29) is 17.5 Å². The highest BCUT2D eigenvalue weighted by Crippen LogP contribution is 2.33. The fourth-order valence-electron chi connectivity index (χ4n) is 4.04. The molecule has 26 heavy (non-hydrogen) atoms. The van der Waals surface area contributed by atoms with Gasteiger partial charge in [0, 0.05) is 25.4 Å². The fraction of sp³-hybridized carbons (Fsp3) is 0.450. The minimum Gasteiger partial charge on any atom is -0.330 e. The molecule has 2 saturated heterocycles. The predicted molar refractivity (Wildman–Crippen MR) is 98.8 cm³/mol. The first-order chi connectivity index (χ1) is 12.7. The molecule has 2 aromatic heterocycles. The lowest BCUT2D eigenvalue weighted by Gasteiger charge is -2.25. The Balaban J connectivity index is 1.54. The average molecular weight is 352 g/mol. The Labute approximate surface area is 152 Å². The van der Waals surface area contributed by atoms with Crippen LogP contribution in [0.5, 0.6) is 0 Å². The summed E-state index contributed by atoms with van der Waals surface area (Å²) in [4.78, 5) is 35.9. The lowest BCUT2D eigenvalue weighted by molar-refractivity contribution is 0.0729. The molecule has 2 fully saturated rings. The van der Waals surface area contributed by atoms with Crippen molar-refractivity contribution < 1.29 is 4.79 Å². The van der Waals surface area contributed by atoms with Crippen LogP contribution in [-0.4, -0.2) is 45.3 Å². The van der Waals surface area contributed by atoms with Crippen LogP contribution in [0, 0.1) is 0 Å². The van der Waals surface area contributed by atoms with E-state index < -0.39 is 0 Å². The molecule has 1 N–H and O–H groups in total. The Kier molecular flexibility index (Phi) is 4.84. The largest absolute Gasteiger partial charge is 0.330 e. The van der Waals surface area contributed by atoms with Crippen LogP contribution < -0.4 is 5.56 Å². The number of hydrogen-bond donors (Lipinski definition) is 1. The van der Waals surface area contributed by atoms with Crippen molar-refractivity contribution in [1.29, 1.82) is 0 Å². The van der Waals surface area contributed by atoms with Gasteiger partial charge in [0.25, 0.3) is 5.91 Å². The minimum absolute atomic E-state index is 0.0477. The molecule has 1 atom stereocenters. The maximum Gasteiger partial charge on any atom is 0.270 e. The molecule has 136 valence electrons. The van der Waals surface area contributed by atoms with Gasteiger partial charge in [0.1, 0.15) is 5.69 Å². The lowest BCUT2D eigenvalue weighted by atomic mass is 10.0. The number of hydrogen-bond acceptors (Lipinski definition) is 4. The number of aromatic amines is 1. The van der Waals surface area contributed by atoms with Crippen LogP contribution in [0.15, 0.2) is 41.3 Å². The Hall–Kier alpha value is -2.47. The highest BCUT2D eigenvalue weighted by atomic mass is 16.2. The molecule has 4 rings (SSSR count). The number of rotatable bonds is 4. The summed E-state index contributed by atoms with van der Waals surface area (Å²) in [6.45, 7) is 3.87. The topological polar surface area (TPSA) is 69.3 Å². The van der Waals surface area contributed by atoms with Crippen molar-refractivity contribution in [1.82, 2.24) is 19.8 Å². The van der Waals surface area contributed by atoms with Crippen LogP contribution in [0.25, 0.3) is 0 Å². The Morgan fingerprint density at radius 2 is 2.00 bits per heavy atom. The number of H-pyrrole nitrogens is 1. The molecule has 0 saturated carbocycles. The molecule has 0 aromatic carbocycles. The first-order valence-electron chi connectivity index (χ1n) is 9.38. The minimum atomic E-state index is -0.247. The van der Waals surface area contributed by atoms with E-state index in [1.807, 2.05) is 17.2 Å². The van der Waals surface area contributed by atoms with E-state index in [1.54, 1.807) is 12.1 Å². The van der Waals surface area contributed by atoms with Gasteiger partial charge in [-0.3, -0.25) is 19.5 Å². The van der Waals surface area contributed by atoms with Gasteiger partial charge in [0.15, 0.2) is 0 Å². The molecule has 2 aliphatic heterocycles. The standard InChI is InChI=1S/C20H24N4O2/c25-19-7-3-5-17(22-19)20(26)24-12-4-6-18(24)15-8-9-21-16(13-15)14-23-10-1-2-11-23/h3,5,7-9,13,18H,1-2,4,6,10-12,14H2,(H,22,25). The molecule has 0 aliphatic carbocycles. The van der Waals surface area contributed by atoms with Crippen molar-refractivity contribution in [2.45, 2.75) is 38.3 Å². The summed E-state index contributed by atoms with van der Waals surface area (Å²) in [5, 5.41) is 0. The van der Waals surface area contributed by atoms with Crippen molar-refractivity contribution >= 4 is 5.91 Å². The van der Waals surface area contributed by atoms with E-state index in [4.69, 9.17) is 0 Å². The van der Waals surface area contributed by atoms with Crippen LogP contribution in [0.1, 0.15) is 53.5 Å². The van der Waals surface area contributed by atoms with Crippen molar-refractivity contribution in [3.05, 3.63) is 63.8 Å². The molecule has 1 unspecified atom stereocenters. The van der Waals surface area contributed by atoms with Crippen molar-refractivity contribution in [3.63, 3.8) is 0 Å². The number of likely N-dealkylation sites (tertiary alicyclic amines) is 2. The second kappa shape index (κ2) is 7.41. The maximum absolute atomic E-state index is 12.9. The maximum atomic E-state index is 12.9. The van der Waals surface area contributed by atoms with Crippen molar-refractivity contribution in [3.8, 4) is 0 Å². The number of nitrogens with one attached hydrogen (secondary N) is 1. The zero-order valence-electron chi connectivity index (χ0n) is 14.9. The molecule has 2 aromatic rings. The summed E-state index contributed by atoms with van der Waals surface area (Å²) in [6.07, 6.45) is 6.29. The summed E-state index contributed by atoms with van der Waals surface area (Å²) in [5.41, 5.74) is 2.31. The lowest BCUT2D eigenvalue weighted by Crippen LogP contribution is -2.32. The highest BCUT2D eigenvalue weighted by Gasteiger charge is 2.31. The first-order valence-corrected chi connectivity index (χ1v) is 9.38. The van der Waals surface area contributed by atoms with Crippen LogP contribution in [-0.2, 0) is 6.54 Å². The number of carbonyl (C=O) groups is 1. The summed E-state index contributed by atoms with van der Waals surface area (Å²) in [5.74, 6) is -0.108. The zero-order valence-corrected chi connectivity index (χ0v) is 14.9. The summed E-state index contributed by atoms with van der Waals surface area (Å²) in [6, 6.07) is 8.92. The summed E-state index contributed by atoms with van der Waals surface area (Å²) < 4.78 is 0. The van der Waals surface area contributed by atoms with E-state index in [0.29, 0.717) is 12.2 Å². The van der Waals surface area contributed by atoms with E-state index in [1.165, 1.54) is 18.9 Å². The number of pyridine rings is 2. The Morgan fingerprint density at radius 1 is 1.15 bits per heavy atom. The third kappa shape index (κ3) is 3.55. The number of carbonyl (C=O) groups excluding carboxylic acids is 1. The predicted octanol–water partition coefficient (Wildman–Crippen LogP) is 2.34. The smallest absolute Gasteiger partial charge is 0.270 e. The highest BCUT2D eigenvalue weighted by molar-refractivity contribution is 5.92. The van der Waals surface area contributed by atoms with Gasteiger partial charge in [-0.05, 0) is 62.5 Å². The summed E-state index contributed by atoms with van der Waals surface area (Å²) in [7, 11) is 0. The van der Waals surface area contributed by atoms with Gasteiger partial charge in [-0.1, -0.05) is 6.07 Å². The third-order valence-electron chi connectivity index (χ3n) is 5.32. The van der Waals surface area contributed by atoms with Gasteiger partial charge in [-0.25, -0.2) is 0 Å².